The van der Waals surface area contributed by atoms with Gasteiger partial charge in [-0.15, -0.1) is 0 Å². The summed E-state index contributed by atoms with van der Waals surface area (Å²) >= 11 is 0. The molecular formula is C16H15F2NO. The Labute approximate surface area is 116 Å². The summed E-state index contributed by atoms with van der Waals surface area (Å²) in [6, 6.07) is 16.5. The van der Waals surface area contributed by atoms with E-state index in [1.54, 1.807) is 18.2 Å². The van der Waals surface area contributed by atoms with Crippen LogP contribution in [0.1, 0.15) is 5.56 Å². The molecule has 0 spiro atoms. The van der Waals surface area contributed by atoms with Crippen LogP contribution in [0.15, 0.2) is 60.7 Å². The van der Waals surface area contributed by atoms with Gasteiger partial charge in [0.1, 0.15) is 5.75 Å². The fourth-order valence-corrected chi connectivity index (χ4v) is 1.74. The van der Waals surface area contributed by atoms with Gasteiger partial charge in [0.2, 0.25) is 0 Å². The molecular weight excluding hydrogens is 260 g/mol. The fourth-order valence-electron chi connectivity index (χ4n) is 1.74. The molecule has 104 valence electrons. The number of nitrogens with one attached hydrogen (secondary N) is 1. The number of alkyl halides is 2. The SMILES string of the molecule is FC(F)Oc1ccccc1NCC=Cc1ccccc1. The maximum Gasteiger partial charge on any atom is 0.387 e. The van der Waals surface area contributed by atoms with Crippen molar-refractivity contribution in [2.45, 2.75) is 6.61 Å². The van der Waals surface area contributed by atoms with Gasteiger partial charge in [-0.1, -0.05) is 54.6 Å². The predicted molar refractivity (Wildman–Crippen MR) is 77.0 cm³/mol. The molecule has 1 N–H and O–H groups in total. The van der Waals surface area contributed by atoms with Gasteiger partial charge in [-0.2, -0.15) is 8.78 Å². The molecule has 0 bridgehead atoms. The van der Waals surface area contributed by atoms with Gasteiger partial charge < -0.3 is 10.1 Å². The van der Waals surface area contributed by atoms with Crippen LogP contribution < -0.4 is 10.1 Å². The molecule has 0 saturated carbocycles. The average Bonchev–Trinajstić information content (AvgIpc) is 2.46. The summed E-state index contributed by atoms with van der Waals surface area (Å²) in [5.74, 6) is 0.149. The van der Waals surface area contributed by atoms with Crippen LogP contribution in [0.2, 0.25) is 0 Å². The smallest absolute Gasteiger partial charge is 0.387 e. The van der Waals surface area contributed by atoms with Crippen molar-refractivity contribution in [1.29, 1.82) is 0 Å². The van der Waals surface area contributed by atoms with Crippen LogP contribution in [-0.2, 0) is 0 Å². The third-order valence-corrected chi connectivity index (χ3v) is 2.62. The Balaban J connectivity index is 1.92. The van der Waals surface area contributed by atoms with Crippen molar-refractivity contribution in [3.05, 3.63) is 66.2 Å². The van der Waals surface area contributed by atoms with Gasteiger partial charge in [0, 0.05) is 6.54 Å². The Kier molecular flexibility index (Phi) is 5.12. The maximum atomic E-state index is 12.2. The first-order chi connectivity index (χ1) is 9.75. The van der Waals surface area contributed by atoms with Crippen LogP contribution in [0.3, 0.4) is 0 Å². The van der Waals surface area contributed by atoms with Crippen molar-refractivity contribution < 1.29 is 13.5 Å². The molecule has 2 aromatic carbocycles. The standard InChI is InChI=1S/C16H15F2NO/c17-16(18)20-15-11-5-4-10-14(15)19-12-6-9-13-7-2-1-3-8-13/h1-11,16,19H,12H2. The lowest BCUT2D eigenvalue weighted by atomic mass is 10.2. The second kappa shape index (κ2) is 7.28. The lowest BCUT2D eigenvalue weighted by molar-refractivity contribution is -0.0493. The summed E-state index contributed by atoms with van der Waals surface area (Å²) in [6.07, 6.45) is 3.89. The summed E-state index contributed by atoms with van der Waals surface area (Å²) in [6.45, 7) is -2.30. The van der Waals surface area contributed by atoms with Crippen molar-refractivity contribution in [3.8, 4) is 5.75 Å². The lowest BCUT2D eigenvalue weighted by Gasteiger charge is -2.11. The minimum Gasteiger partial charge on any atom is -0.433 e. The van der Waals surface area contributed by atoms with Crippen molar-refractivity contribution in [3.63, 3.8) is 0 Å². The van der Waals surface area contributed by atoms with Gasteiger partial charge in [0.25, 0.3) is 0 Å². The first-order valence-electron chi connectivity index (χ1n) is 6.25. The topological polar surface area (TPSA) is 21.3 Å². The van der Waals surface area contributed by atoms with Gasteiger partial charge in [-0.25, -0.2) is 0 Å². The number of anilines is 1. The monoisotopic (exact) mass is 275 g/mol. The molecule has 4 heteroatoms. The molecule has 20 heavy (non-hydrogen) atoms. The summed E-state index contributed by atoms with van der Waals surface area (Å²) in [7, 11) is 0. The highest BCUT2D eigenvalue weighted by molar-refractivity contribution is 5.57. The Morgan fingerprint density at radius 2 is 1.70 bits per heavy atom. The van der Waals surface area contributed by atoms with Gasteiger partial charge in [0.05, 0.1) is 5.69 Å². The van der Waals surface area contributed by atoms with Crippen molar-refractivity contribution in [2.75, 3.05) is 11.9 Å². The highest BCUT2D eigenvalue weighted by Gasteiger charge is 2.07. The first-order valence-corrected chi connectivity index (χ1v) is 6.25. The molecule has 2 rings (SSSR count). The normalized spacial score (nSPS) is 10.9. The van der Waals surface area contributed by atoms with E-state index in [0.29, 0.717) is 12.2 Å². The maximum absolute atomic E-state index is 12.2. The number of hydrogen-bond donors (Lipinski definition) is 1. The zero-order chi connectivity index (χ0) is 14.2. The number of ether oxygens (including phenoxy) is 1. The molecule has 0 atom stereocenters. The molecule has 2 nitrogen and oxygen atoms in total. The van der Waals surface area contributed by atoms with Crippen molar-refractivity contribution in [1.82, 2.24) is 0 Å². The van der Waals surface area contributed by atoms with E-state index < -0.39 is 6.61 Å². The summed E-state index contributed by atoms with van der Waals surface area (Å²) in [4.78, 5) is 0. The predicted octanol–water partition coefficient (Wildman–Crippen LogP) is 4.41. The molecule has 2 aromatic rings. The molecule has 0 aliphatic carbocycles. The summed E-state index contributed by atoms with van der Waals surface area (Å²) < 4.78 is 28.9. The zero-order valence-corrected chi connectivity index (χ0v) is 10.8. The van der Waals surface area contributed by atoms with Gasteiger partial charge in [-0.05, 0) is 17.7 Å². The molecule has 0 amide bonds. The largest absolute Gasteiger partial charge is 0.433 e. The van der Waals surface area contributed by atoms with Crippen LogP contribution in [0.25, 0.3) is 6.08 Å². The molecule has 0 aromatic heterocycles. The van der Waals surface area contributed by atoms with E-state index in [-0.39, 0.29) is 5.75 Å². The highest BCUT2D eigenvalue weighted by atomic mass is 19.3. The zero-order valence-electron chi connectivity index (χ0n) is 10.8. The van der Waals surface area contributed by atoms with E-state index in [2.05, 4.69) is 10.1 Å². The number of rotatable bonds is 6. The van der Waals surface area contributed by atoms with Crippen molar-refractivity contribution in [2.24, 2.45) is 0 Å². The van der Waals surface area contributed by atoms with E-state index in [9.17, 15) is 8.78 Å². The minimum atomic E-state index is -2.82. The fraction of sp³-hybridized carbons (Fsp3) is 0.125. The highest BCUT2D eigenvalue weighted by Crippen LogP contribution is 2.25. The Morgan fingerprint density at radius 1 is 1.00 bits per heavy atom. The van der Waals surface area contributed by atoms with Crippen LogP contribution in [0.4, 0.5) is 14.5 Å². The summed E-state index contributed by atoms with van der Waals surface area (Å²) in [5, 5.41) is 3.04. The average molecular weight is 275 g/mol. The number of hydrogen-bond acceptors (Lipinski definition) is 2. The molecule has 0 radical (unpaired) electrons. The molecule has 0 aliphatic heterocycles. The number of benzene rings is 2. The second-order valence-corrected chi connectivity index (χ2v) is 4.07. The Bertz CT molecular complexity index is 555. The quantitative estimate of drug-likeness (QED) is 0.843. The first kappa shape index (κ1) is 14.1. The number of halogens is 2. The third kappa shape index (κ3) is 4.39. The molecule has 0 heterocycles. The van der Waals surface area contributed by atoms with E-state index in [0.717, 1.165) is 5.56 Å². The van der Waals surface area contributed by atoms with Gasteiger partial charge in [0.15, 0.2) is 0 Å². The second-order valence-electron chi connectivity index (χ2n) is 4.07. The Morgan fingerprint density at radius 3 is 2.45 bits per heavy atom. The van der Waals surface area contributed by atoms with Crippen LogP contribution in [0.5, 0.6) is 5.75 Å². The van der Waals surface area contributed by atoms with Crippen LogP contribution >= 0.6 is 0 Å². The van der Waals surface area contributed by atoms with E-state index in [4.69, 9.17) is 0 Å². The molecule has 0 unspecified atom stereocenters. The van der Waals surface area contributed by atoms with Crippen LogP contribution in [0, 0.1) is 0 Å². The van der Waals surface area contributed by atoms with E-state index in [1.807, 2.05) is 42.5 Å². The van der Waals surface area contributed by atoms with Gasteiger partial charge >= 0.3 is 6.61 Å². The minimum absolute atomic E-state index is 0.149. The van der Waals surface area contributed by atoms with Crippen LogP contribution in [-0.4, -0.2) is 13.2 Å². The lowest BCUT2D eigenvalue weighted by Crippen LogP contribution is -2.06. The third-order valence-electron chi connectivity index (χ3n) is 2.62. The Hall–Kier alpha value is -2.36. The van der Waals surface area contributed by atoms with Crippen molar-refractivity contribution >= 4 is 11.8 Å². The molecule has 0 saturated heterocycles. The van der Waals surface area contributed by atoms with Gasteiger partial charge in [-0.3, -0.25) is 0 Å². The molecule has 0 aliphatic rings. The van der Waals surface area contributed by atoms with E-state index in [1.165, 1.54) is 6.07 Å². The van der Waals surface area contributed by atoms with E-state index >= 15 is 0 Å². The number of para-hydroxylation sites is 2. The molecule has 0 fully saturated rings. The summed E-state index contributed by atoms with van der Waals surface area (Å²) in [5.41, 5.74) is 1.64.